The topological polar surface area (TPSA) is 113 Å². The van der Waals surface area contributed by atoms with Crippen molar-refractivity contribution in [3.63, 3.8) is 0 Å². The molecular weight excluding hydrogens is 286 g/mol. The van der Waals surface area contributed by atoms with Crippen molar-refractivity contribution in [2.24, 2.45) is 0 Å². The summed E-state index contributed by atoms with van der Waals surface area (Å²) in [5.41, 5.74) is 0. The molecular formula is C12H17NO6S. The van der Waals surface area contributed by atoms with E-state index in [-0.39, 0.29) is 4.90 Å². The van der Waals surface area contributed by atoms with Gasteiger partial charge in [0, 0.05) is 6.54 Å². The minimum Gasteiger partial charge on any atom is -0.494 e. The summed E-state index contributed by atoms with van der Waals surface area (Å²) in [6, 6.07) is 5.72. The lowest BCUT2D eigenvalue weighted by molar-refractivity contribution is -0.146. The molecule has 0 aliphatic carbocycles. The Morgan fingerprint density at radius 1 is 1.35 bits per heavy atom. The standard InChI is InChI=1S/C12H17NO6S/c1-2-7-19-9-3-5-10(6-4-9)20(17,18)13-8-11(14)12(15)16/h3-6,11,13-14H,2,7-8H2,1H3,(H,15,16)/t11-/m0/s1. The first-order valence-corrected chi connectivity index (χ1v) is 7.48. The molecule has 0 unspecified atom stereocenters. The summed E-state index contributed by atoms with van der Waals surface area (Å²) in [5, 5.41) is 17.5. The maximum atomic E-state index is 11.8. The van der Waals surface area contributed by atoms with Crippen LogP contribution in [-0.4, -0.2) is 43.9 Å². The Labute approximate surface area is 117 Å². The molecule has 3 N–H and O–H groups in total. The number of rotatable bonds is 8. The summed E-state index contributed by atoms with van der Waals surface area (Å²) >= 11 is 0. The predicted octanol–water partition coefficient (Wildman–Crippen LogP) is 0.199. The fourth-order valence-electron chi connectivity index (χ4n) is 1.29. The number of aliphatic hydroxyl groups excluding tert-OH is 1. The molecule has 0 heterocycles. The predicted molar refractivity (Wildman–Crippen MR) is 71.1 cm³/mol. The van der Waals surface area contributed by atoms with Gasteiger partial charge in [-0.1, -0.05) is 6.92 Å². The molecule has 0 aromatic heterocycles. The maximum Gasteiger partial charge on any atom is 0.333 e. The van der Waals surface area contributed by atoms with E-state index in [0.29, 0.717) is 12.4 Å². The van der Waals surface area contributed by atoms with Crippen molar-refractivity contribution in [1.29, 1.82) is 0 Å². The van der Waals surface area contributed by atoms with Crippen molar-refractivity contribution >= 4 is 16.0 Å². The van der Waals surface area contributed by atoms with E-state index >= 15 is 0 Å². The molecule has 0 amide bonds. The summed E-state index contributed by atoms with van der Waals surface area (Å²) in [5.74, 6) is -0.938. The number of carboxylic acids is 1. The average Bonchev–Trinajstić information content (AvgIpc) is 2.43. The molecule has 1 aromatic carbocycles. The lowest BCUT2D eigenvalue weighted by Crippen LogP contribution is -2.36. The fourth-order valence-corrected chi connectivity index (χ4v) is 2.33. The van der Waals surface area contributed by atoms with Crippen molar-refractivity contribution < 1.29 is 28.2 Å². The number of hydrogen-bond acceptors (Lipinski definition) is 5. The first-order valence-electron chi connectivity index (χ1n) is 6.00. The number of benzene rings is 1. The Kier molecular flexibility index (Phi) is 5.93. The van der Waals surface area contributed by atoms with E-state index in [9.17, 15) is 13.2 Å². The summed E-state index contributed by atoms with van der Waals surface area (Å²) in [6.07, 6.45) is -0.939. The number of sulfonamides is 1. The highest BCUT2D eigenvalue weighted by Crippen LogP contribution is 2.16. The number of aliphatic hydroxyl groups is 1. The smallest absolute Gasteiger partial charge is 0.333 e. The van der Waals surface area contributed by atoms with E-state index in [0.717, 1.165) is 6.42 Å². The van der Waals surface area contributed by atoms with Crippen molar-refractivity contribution in [2.45, 2.75) is 24.3 Å². The van der Waals surface area contributed by atoms with Crippen molar-refractivity contribution in [2.75, 3.05) is 13.2 Å². The fraction of sp³-hybridized carbons (Fsp3) is 0.417. The molecule has 0 radical (unpaired) electrons. The SMILES string of the molecule is CCCOc1ccc(S(=O)(=O)NC[C@H](O)C(=O)O)cc1. The van der Waals surface area contributed by atoms with E-state index < -0.39 is 28.6 Å². The van der Waals surface area contributed by atoms with Crippen LogP contribution in [0.4, 0.5) is 0 Å². The monoisotopic (exact) mass is 303 g/mol. The first kappa shape index (κ1) is 16.4. The normalized spacial score (nSPS) is 12.9. The Balaban J connectivity index is 2.70. The van der Waals surface area contributed by atoms with Gasteiger partial charge in [0.05, 0.1) is 11.5 Å². The molecule has 1 atom stereocenters. The Hall–Kier alpha value is -1.64. The van der Waals surface area contributed by atoms with Gasteiger partial charge < -0.3 is 14.9 Å². The van der Waals surface area contributed by atoms with Crippen LogP contribution in [0.15, 0.2) is 29.2 Å². The summed E-state index contributed by atoms with van der Waals surface area (Å²) in [4.78, 5) is 10.4. The maximum absolute atomic E-state index is 11.8. The van der Waals surface area contributed by atoms with E-state index in [4.69, 9.17) is 14.9 Å². The van der Waals surface area contributed by atoms with Crippen molar-refractivity contribution in [1.82, 2.24) is 4.72 Å². The Morgan fingerprint density at radius 3 is 2.45 bits per heavy atom. The lowest BCUT2D eigenvalue weighted by atomic mass is 10.3. The van der Waals surface area contributed by atoms with Crippen LogP contribution in [0.2, 0.25) is 0 Å². The molecule has 0 aliphatic rings. The molecule has 1 rings (SSSR count). The molecule has 7 nitrogen and oxygen atoms in total. The van der Waals surface area contributed by atoms with Gasteiger partial charge in [0.15, 0.2) is 6.10 Å². The molecule has 0 saturated carbocycles. The summed E-state index contributed by atoms with van der Waals surface area (Å²) < 4.78 is 31.0. The molecule has 0 bridgehead atoms. The molecule has 112 valence electrons. The van der Waals surface area contributed by atoms with Gasteiger partial charge in [0.2, 0.25) is 10.0 Å². The largest absolute Gasteiger partial charge is 0.494 e. The Morgan fingerprint density at radius 2 is 1.95 bits per heavy atom. The van der Waals surface area contributed by atoms with Crippen LogP contribution in [0.5, 0.6) is 5.75 Å². The third-order valence-electron chi connectivity index (χ3n) is 2.36. The van der Waals surface area contributed by atoms with Gasteiger partial charge in [-0.15, -0.1) is 0 Å². The van der Waals surface area contributed by atoms with Gasteiger partial charge >= 0.3 is 5.97 Å². The molecule has 0 aliphatic heterocycles. The zero-order valence-electron chi connectivity index (χ0n) is 10.9. The van der Waals surface area contributed by atoms with Crippen molar-refractivity contribution in [3.05, 3.63) is 24.3 Å². The van der Waals surface area contributed by atoms with Gasteiger partial charge in [0.1, 0.15) is 5.75 Å². The molecule has 0 saturated heterocycles. The van der Waals surface area contributed by atoms with E-state index in [1.807, 2.05) is 11.6 Å². The quantitative estimate of drug-likeness (QED) is 0.632. The first-order chi connectivity index (χ1) is 9.36. The minimum atomic E-state index is -3.86. The number of hydrogen-bond donors (Lipinski definition) is 3. The third kappa shape index (κ3) is 4.80. The number of ether oxygens (including phenoxy) is 1. The number of nitrogens with one attached hydrogen (secondary N) is 1. The van der Waals surface area contributed by atoms with Crippen LogP contribution in [0.3, 0.4) is 0 Å². The molecule has 8 heteroatoms. The number of carboxylic acid groups (broad SMARTS) is 1. The molecule has 0 spiro atoms. The number of aliphatic carboxylic acids is 1. The van der Waals surface area contributed by atoms with Crippen LogP contribution in [0.25, 0.3) is 0 Å². The molecule has 1 aromatic rings. The zero-order valence-corrected chi connectivity index (χ0v) is 11.8. The van der Waals surface area contributed by atoms with Crippen LogP contribution >= 0.6 is 0 Å². The zero-order chi connectivity index (χ0) is 15.2. The van der Waals surface area contributed by atoms with Gasteiger partial charge in [-0.3, -0.25) is 0 Å². The van der Waals surface area contributed by atoms with Gasteiger partial charge in [-0.25, -0.2) is 17.9 Å². The van der Waals surface area contributed by atoms with E-state index in [1.54, 1.807) is 0 Å². The summed E-state index contributed by atoms with van der Waals surface area (Å²) in [7, 11) is -3.86. The van der Waals surface area contributed by atoms with Crippen LogP contribution < -0.4 is 9.46 Å². The lowest BCUT2D eigenvalue weighted by Gasteiger charge is -2.09. The third-order valence-corrected chi connectivity index (χ3v) is 3.80. The minimum absolute atomic E-state index is 0.0288. The van der Waals surface area contributed by atoms with Crippen molar-refractivity contribution in [3.8, 4) is 5.75 Å². The molecule has 20 heavy (non-hydrogen) atoms. The highest BCUT2D eigenvalue weighted by Gasteiger charge is 2.19. The summed E-state index contributed by atoms with van der Waals surface area (Å²) in [6.45, 7) is 1.90. The highest BCUT2D eigenvalue weighted by atomic mass is 32.2. The van der Waals surface area contributed by atoms with Gasteiger partial charge in [0.25, 0.3) is 0 Å². The second kappa shape index (κ2) is 7.22. The van der Waals surface area contributed by atoms with Gasteiger partial charge in [-0.05, 0) is 30.7 Å². The van der Waals surface area contributed by atoms with Crippen LogP contribution in [0, 0.1) is 0 Å². The average molecular weight is 303 g/mol. The second-order valence-corrected chi connectivity index (χ2v) is 5.79. The van der Waals surface area contributed by atoms with Crippen LogP contribution in [-0.2, 0) is 14.8 Å². The highest BCUT2D eigenvalue weighted by molar-refractivity contribution is 7.89. The number of carbonyl (C=O) groups is 1. The van der Waals surface area contributed by atoms with Gasteiger partial charge in [-0.2, -0.15) is 0 Å². The Bertz CT molecular complexity index is 540. The van der Waals surface area contributed by atoms with E-state index in [2.05, 4.69) is 0 Å². The van der Waals surface area contributed by atoms with E-state index in [1.165, 1.54) is 24.3 Å². The molecule has 0 fully saturated rings. The second-order valence-electron chi connectivity index (χ2n) is 4.03. The van der Waals surface area contributed by atoms with Crippen LogP contribution in [0.1, 0.15) is 13.3 Å².